The molecule has 0 bridgehead atoms. The van der Waals surface area contributed by atoms with Gasteiger partial charge in [0.05, 0.1) is 4.34 Å². The van der Waals surface area contributed by atoms with Crippen LogP contribution in [0.25, 0.3) is 10.4 Å². The Hall–Kier alpha value is -0.900. The summed E-state index contributed by atoms with van der Waals surface area (Å²) in [6.45, 7) is 3.57. The Balaban J connectivity index is 2.14. The fourth-order valence-corrected chi connectivity index (χ4v) is 2.75. The molecule has 0 aliphatic rings. The third-order valence-corrected chi connectivity index (χ3v) is 3.93. The van der Waals surface area contributed by atoms with Gasteiger partial charge in [-0.3, -0.25) is 0 Å². The second kappa shape index (κ2) is 6.32. The molecule has 0 atom stereocenters. The van der Waals surface area contributed by atoms with E-state index in [1.165, 1.54) is 11.3 Å². The van der Waals surface area contributed by atoms with E-state index in [2.05, 4.69) is 12.2 Å². The van der Waals surface area contributed by atoms with E-state index in [0.29, 0.717) is 12.1 Å². The average Bonchev–Trinajstić information content (AvgIpc) is 2.78. The van der Waals surface area contributed by atoms with E-state index in [1.54, 1.807) is 6.07 Å². The van der Waals surface area contributed by atoms with Gasteiger partial charge in [-0.05, 0) is 36.7 Å². The van der Waals surface area contributed by atoms with Crippen LogP contribution in [0.1, 0.15) is 18.9 Å². The van der Waals surface area contributed by atoms with Crippen molar-refractivity contribution in [2.45, 2.75) is 19.9 Å². The number of hydrogen-bond donors (Lipinski definition) is 1. The lowest BCUT2D eigenvalue weighted by atomic mass is 10.1. The number of hydrogen-bond acceptors (Lipinski definition) is 2. The topological polar surface area (TPSA) is 12.0 Å². The second-order valence-electron chi connectivity index (χ2n) is 4.09. The minimum atomic E-state index is -0.166. The fourth-order valence-electron chi connectivity index (χ4n) is 1.71. The van der Waals surface area contributed by atoms with Crippen molar-refractivity contribution >= 4 is 22.9 Å². The summed E-state index contributed by atoms with van der Waals surface area (Å²) in [7, 11) is 0. The molecule has 1 N–H and O–H groups in total. The predicted octanol–water partition coefficient (Wildman–Crippen LogP) is 4.71. The molecule has 2 rings (SSSR count). The van der Waals surface area contributed by atoms with E-state index in [0.717, 1.165) is 27.7 Å². The normalized spacial score (nSPS) is 10.8. The summed E-state index contributed by atoms with van der Waals surface area (Å²) in [5, 5.41) is 3.20. The molecule has 0 amide bonds. The van der Waals surface area contributed by atoms with E-state index in [1.807, 2.05) is 24.3 Å². The van der Waals surface area contributed by atoms with Crippen molar-refractivity contribution in [3.05, 3.63) is 46.0 Å². The molecule has 0 aliphatic heterocycles. The lowest BCUT2D eigenvalue weighted by molar-refractivity contribution is 0.587. The van der Waals surface area contributed by atoms with Gasteiger partial charge in [0.15, 0.2) is 0 Å². The summed E-state index contributed by atoms with van der Waals surface area (Å²) < 4.78 is 14.6. The first-order chi connectivity index (χ1) is 8.70. The maximum absolute atomic E-state index is 13.9. The van der Waals surface area contributed by atoms with E-state index >= 15 is 0 Å². The standard InChI is InChI=1S/C14H15ClFNS/c1-2-7-17-9-11-4-3-10(8-12(11)16)13-5-6-14(15)18-13/h3-6,8,17H,2,7,9H2,1H3. The van der Waals surface area contributed by atoms with Crippen molar-refractivity contribution in [2.24, 2.45) is 0 Å². The van der Waals surface area contributed by atoms with Gasteiger partial charge in [0.25, 0.3) is 0 Å². The minimum Gasteiger partial charge on any atom is -0.313 e. The molecule has 0 radical (unpaired) electrons. The lowest BCUT2D eigenvalue weighted by Gasteiger charge is -2.06. The van der Waals surface area contributed by atoms with E-state index in [4.69, 9.17) is 11.6 Å². The number of thiophene rings is 1. The zero-order chi connectivity index (χ0) is 13.0. The van der Waals surface area contributed by atoms with Crippen LogP contribution in [0, 0.1) is 5.82 Å². The molecule has 0 unspecified atom stereocenters. The Morgan fingerprint density at radius 3 is 2.72 bits per heavy atom. The first kappa shape index (κ1) is 13.5. The van der Waals surface area contributed by atoms with Gasteiger partial charge in [-0.15, -0.1) is 11.3 Å². The maximum atomic E-state index is 13.9. The van der Waals surface area contributed by atoms with Gasteiger partial charge >= 0.3 is 0 Å². The first-order valence-corrected chi connectivity index (χ1v) is 7.15. The van der Waals surface area contributed by atoms with Gasteiger partial charge < -0.3 is 5.32 Å². The highest BCUT2D eigenvalue weighted by atomic mass is 35.5. The highest BCUT2D eigenvalue weighted by Gasteiger charge is 2.06. The van der Waals surface area contributed by atoms with Crippen LogP contribution in [0.5, 0.6) is 0 Å². The summed E-state index contributed by atoms with van der Waals surface area (Å²) in [5.74, 6) is -0.166. The van der Waals surface area contributed by atoms with Crippen molar-refractivity contribution in [3.8, 4) is 10.4 Å². The van der Waals surface area contributed by atoms with Gasteiger partial charge in [0.1, 0.15) is 5.82 Å². The SMILES string of the molecule is CCCNCc1ccc(-c2ccc(Cl)s2)cc1F. The highest BCUT2D eigenvalue weighted by molar-refractivity contribution is 7.19. The Morgan fingerprint density at radius 1 is 1.28 bits per heavy atom. The molecule has 0 spiro atoms. The number of rotatable bonds is 5. The zero-order valence-electron chi connectivity index (χ0n) is 10.2. The molecule has 18 heavy (non-hydrogen) atoms. The first-order valence-electron chi connectivity index (χ1n) is 5.95. The van der Waals surface area contributed by atoms with Crippen LogP contribution >= 0.6 is 22.9 Å². The van der Waals surface area contributed by atoms with E-state index in [9.17, 15) is 4.39 Å². The molecule has 2 aromatic rings. The summed E-state index contributed by atoms with van der Waals surface area (Å²) in [6, 6.07) is 9.09. The number of nitrogens with one attached hydrogen (secondary N) is 1. The summed E-state index contributed by atoms with van der Waals surface area (Å²) in [5.41, 5.74) is 1.58. The van der Waals surface area contributed by atoms with Crippen molar-refractivity contribution < 1.29 is 4.39 Å². The Bertz CT molecular complexity index is 524. The third-order valence-electron chi connectivity index (χ3n) is 2.65. The number of benzene rings is 1. The quantitative estimate of drug-likeness (QED) is 0.784. The summed E-state index contributed by atoms with van der Waals surface area (Å²) >= 11 is 7.34. The smallest absolute Gasteiger partial charge is 0.128 e. The van der Waals surface area contributed by atoms with Gasteiger partial charge in [-0.1, -0.05) is 30.7 Å². The van der Waals surface area contributed by atoms with Gasteiger partial charge in [0.2, 0.25) is 0 Å². The van der Waals surface area contributed by atoms with Crippen LogP contribution in [-0.2, 0) is 6.54 Å². The third kappa shape index (κ3) is 3.31. The molecule has 1 nitrogen and oxygen atoms in total. The maximum Gasteiger partial charge on any atom is 0.128 e. The molecule has 1 aromatic heterocycles. The van der Waals surface area contributed by atoms with Crippen molar-refractivity contribution in [2.75, 3.05) is 6.54 Å². The fraction of sp³-hybridized carbons (Fsp3) is 0.286. The van der Waals surface area contributed by atoms with Crippen LogP contribution in [0.15, 0.2) is 30.3 Å². The summed E-state index contributed by atoms with van der Waals surface area (Å²) in [6.07, 6.45) is 1.05. The molecule has 1 heterocycles. The Labute approximate surface area is 116 Å². The number of halogens is 2. The molecule has 0 fully saturated rings. The largest absolute Gasteiger partial charge is 0.313 e. The minimum absolute atomic E-state index is 0.166. The van der Waals surface area contributed by atoms with E-state index < -0.39 is 0 Å². The zero-order valence-corrected chi connectivity index (χ0v) is 11.7. The molecular formula is C14H15ClFNS. The summed E-state index contributed by atoms with van der Waals surface area (Å²) in [4.78, 5) is 0.993. The van der Waals surface area contributed by atoms with Crippen LogP contribution in [-0.4, -0.2) is 6.54 Å². The molecule has 0 saturated heterocycles. The van der Waals surface area contributed by atoms with Crippen molar-refractivity contribution in [3.63, 3.8) is 0 Å². The molecule has 96 valence electrons. The second-order valence-corrected chi connectivity index (χ2v) is 5.80. The predicted molar refractivity (Wildman–Crippen MR) is 76.7 cm³/mol. The lowest BCUT2D eigenvalue weighted by Crippen LogP contribution is -2.14. The molecular weight excluding hydrogens is 269 g/mol. The molecule has 0 saturated carbocycles. The van der Waals surface area contributed by atoms with Crippen LogP contribution in [0.3, 0.4) is 0 Å². The molecule has 0 aliphatic carbocycles. The Kier molecular flexibility index (Phi) is 4.75. The van der Waals surface area contributed by atoms with Crippen molar-refractivity contribution in [1.29, 1.82) is 0 Å². The monoisotopic (exact) mass is 283 g/mol. The van der Waals surface area contributed by atoms with E-state index in [-0.39, 0.29) is 5.82 Å². The van der Waals surface area contributed by atoms with Gasteiger partial charge in [-0.25, -0.2) is 4.39 Å². The highest BCUT2D eigenvalue weighted by Crippen LogP contribution is 2.31. The average molecular weight is 284 g/mol. The van der Waals surface area contributed by atoms with Crippen LogP contribution in [0.4, 0.5) is 4.39 Å². The van der Waals surface area contributed by atoms with Crippen LogP contribution in [0.2, 0.25) is 4.34 Å². The van der Waals surface area contributed by atoms with Gasteiger partial charge in [-0.2, -0.15) is 0 Å². The van der Waals surface area contributed by atoms with Gasteiger partial charge in [0, 0.05) is 17.0 Å². The Morgan fingerprint density at radius 2 is 2.11 bits per heavy atom. The molecule has 4 heteroatoms. The van der Waals surface area contributed by atoms with Crippen LogP contribution < -0.4 is 5.32 Å². The molecule has 1 aromatic carbocycles. The van der Waals surface area contributed by atoms with Crippen molar-refractivity contribution in [1.82, 2.24) is 5.32 Å².